The van der Waals surface area contributed by atoms with Gasteiger partial charge in [0.2, 0.25) is 0 Å². The van der Waals surface area contributed by atoms with Crippen molar-refractivity contribution >= 4 is 11.8 Å². The zero-order chi connectivity index (χ0) is 15.1. The molecule has 0 amide bonds. The maximum atomic E-state index is 5.68. The first-order valence-electron chi connectivity index (χ1n) is 7.00. The minimum absolute atomic E-state index is 0.225. The second-order valence-corrected chi connectivity index (χ2v) is 6.14. The van der Waals surface area contributed by atoms with Crippen LogP contribution >= 0.6 is 11.8 Å². The number of methoxy groups -OCH3 is 1. The van der Waals surface area contributed by atoms with Gasteiger partial charge in [0, 0.05) is 16.7 Å². The Morgan fingerprint density at radius 1 is 1.19 bits per heavy atom. The molecule has 0 aromatic heterocycles. The van der Waals surface area contributed by atoms with Gasteiger partial charge in [-0.3, -0.25) is 11.3 Å². The summed E-state index contributed by atoms with van der Waals surface area (Å²) in [6.45, 7) is 2.10. The summed E-state index contributed by atoms with van der Waals surface area (Å²) in [5.41, 5.74) is 5.41. The van der Waals surface area contributed by atoms with Crippen LogP contribution in [0.4, 0.5) is 0 Å². The molecule has 0 heterocycles. The molecule has 1 unspecified atom stereocenters. The van der Waals surface area contributed by atoms with E-state index in [1.165, 1.54) is 16.0 Å². The quantitative estimate of drug-likeness (QED) is 0.468. The Bertz CT molecular complexity index is 557. The fourth-order valence-corrected chi connectivity index (χ4v) is 3.02. The maximum absolute atomic E-state index is 5.68. The molecule has 0 saturated carbocycles. The molecule has 4 heteroatoms. The highest BCUT2D eigenvalue weighted by molar-refractivity contribution is 7.99. The third-order valence-corrected chi connectivity index (χ3v) is 4.50. The first kappa shape index (κ1) is 15.9. The molecule has 1 atom stereocenters. The molecule has 0 radical (unpaired) electrons. The zero-order valence-corrected chi connectivity index (χ0v) is 13.3. The van der Waals surface area contributed by atoms with Crippen LogP contribution in [0.1, 0.15) is 11.1 Å². The maximum Gasteiger partial charge on any atom is 0.119 e. The molecule has 0 spiro atoms. The van der Waals surface area contributed by atoms with Gasteiger partial charge < -0.3 is 4.74 Å². The SMILES string of the molecule is COc1cccc(CC(CSc2ccc(C)cc2)NN)c1. The summed E-state index contributed by atoms with van der Waals surface area (Å²) in [5.74, 6) is 7.50. The highest BCUT2D eigenvalue weighted by atomic mass is 32.2. The van der Waals surface area contributed by atoms with E-state index in [9.17, 15) is 0 Å². The number of rotatable bonds is 7. The fraction of sp³-hybridized carbons (Fsp3) is 0.294. The Balaban J connectivity index is 1.91. The number of hydrogen-bond acceptors (Lipinski definition) is 4. The van der Waals surface area contributed by atoms with Crippen LogP contribution in [0.3, 0.4) is 0 Å². The minimum atomic E-state index is 0.225. The smallest absolute Gasteiger partial charge is 0.119 e. The van der Waals surface area contributed by atoms with Gasteiger partial charge in [0.25, 0.3) is 0 Å². The summed E-state index contributed by atoms with van der Waals surface area (Å²) >= 11 is 1.82. The zero-order valence-electron chi connectivity index (χ0n) is 12.5. The topological polar surface area (TPSA) is 47.3 Å². The van der Waals surface area contributed by atoms with Crippen LogP contribution in [0.5, 0.6) is 5.75 Å². The Morgan fingerprint density at radius 3 is 2.62 bits per heavy atom. The lowest BCUT2D eigenvalue weighted by Gasteiger charge is -2.16. The van der Waals surface area contributed by atoms with Crippen molar-refractivity contribution < 1.29 is 4.74 Å². The molecule has 0 aliphatic carbocycles. The molecule has 0 bridgehead atoms. The number of hydrogen-bond donors (Lipinski definition) is 2. The molecule has 21 heavy (non-hydrogen) atoms. The van der Waals surface area contributed by atoms with E-state index in [1.54, 1.807) is 7.11 Å². The van der Waals surface area contributed by atoms with Crippen LogP contribution in [0.25, 0.3) is 0 Å². The van der Waals surface area contributed by atoms with Crippen molar-refractivity contribution in [3.05, 3.63) is 59.7 Å². The van der Waals surface area contributed by atoms with Gasteiger partial charge in [-0.05, 0) is 43.2 Å². The number of hydrazine groups is 1. The molecule has 0 aliphatic rings. The average Bonchev–Trinajstić information content (AvgIpc) is 2.53. The van der Waals surface area contributed by atoms with E-state index in [4.69, 9.17) is 10.6 Å². The summed E-state index contributed by atoms with van der Waals surface area (Å²) in [4.78, 5) is 1.27. The van der Waals surface area contributed by atoms with Crippen molar-refractivity contribution in [2.24, 2.45) is 5.84 Å². The fourth-order valence-electron chi connectivity index (χ4n) is 2.08. The second kappa shape index (κ2) is 8.08. The third-order valence-electron chi connectivity index (χ3n) is 3.32. The lowest BCUT2D eigenvalue weighted by atomic mass is 10.1. The van der Waals surface area contributed by atoms with Crippen LogP contribution in [0.15, 0.2) is 53.4 Å². The Morgan fingerprint density at radius 2 is 1.95 bits per heavy atom. The number of thioether (sulfide) groups is 1. The van der Waals surface area contributed by atoms with E-state index in [0.29, 0.717) is 0 Å². The molecule has 0 aliphatic heterocycles. The van der Waals surface area contributed by atoms with Gasteiger partial charge in [-0.2, -0.15) is 0 Å². The highest BCUT2D eigenvalue weighted by Crippen LogP contribution is 2.21. The van der Waals surface area contributed by atoms with Crippen molar-refractivity contribution in [3.63, 3.8) is 0 Å². The van der Waals surface area contributed by atoms with Crippen LogP contribution in [-0.4, -0.2) is 18.9 Å². The molecule has 112 valence electrons. The third kappa shape index (κ3) is 5.08. The highest BCUT2D eigenvalue weighted by Gasteiger charge is 2.09. The number of nitrogens with two attached hydrogens (primary N) is 1. The molecule has 0 saturated heterocycles. The Kier molecular flexibility index (Phi) is 6.11. The van der Waals surface area contributed by atoms with Crippen molar-refractivity contribution in [2.45, 2.75) is 24.3 Å². The largest absolute Gasteiger partial charge is 0.497 e. The molecule has 2 aromatic rings. The number of aryl methyl sites for hydroxylation is 1. The van der Waals surface area contributed by atoms with Crippen molar-refractivity contribution in [1.29, 1.82) is 0 Å². The Hall–Kier alpha value is -1.49. The van der Waals surface area contributed by atoms with Gasteiger partial charge in [0.1, 0.15) is 5.75 Å². The van der Waals surface area contributed by atoms with Crippen LogP contribution in [0, 0.1) is 6.92 Å². The van der Waals surface area contributed by atoms with Gasteiger partial charge >= 0.3 is 0 Å². The molecular weight excluding hydrogens is 280 g/mol. The first-order valence-corrected chi connectivity index (χ1v) is 7.98. The molecule has 2 rings (SSSR count). The molecule has 0 fully saturated rings. The Labute approximate surface area is 130 Å². The first-order chi connectivity index (χ1) is 10.2. The predicted molar refractivity (Wildman–Crippen MR) is 89.7 cm³/mol. The normalized spacial score (nSPS) is 12.1. The summed E-state index contributed by atoms with van der Waals surface area (Å²) in [5, 5.41) is 0. The monoisotopic (exact) mass is 302 g/mol. The molecule has 3 nitrogen and oxygen atoms in total. The van der Waals surface area contributed by atoms with E-state index >= 15 is 0 Å². The van der Waals surface area contributed by atoms with Crippen molar-refractivity contribution in [1.82, 2.24) is 5.43 Å². The van der Waals surface area contributed by atoms with E-state index in [2.05, 4.69) is 48.7 Å². The van der Waals surface area contributed by atoms with E-state index in [-0.39, 0.29) is 6.04 Å². The van der Waals surface area contributed by atoms with Gasteiger partial charge in [-0.25, -0.2) is 0 Å². The second-order valence-electron chi connectivity index (χ2n) is 5.04. The van der Waals surface area contributed by atoms with Gasteiger partial charge in [0.15, 0.2) is 0 Å². The summed E-state index contributed by atoms with van der Waals surface area (Å²) in [7, 11) is 1.69. The summed E-state index contributed by atoms with van der Waals surface area (Å²) in [6, 6.07) is 16.9. The van der Waals surface area contributed by atoms with E-state index < -0.39 is 0 Å². The van der Waals surface area contributed by atoms with E-state index in [0.717, 1.165) is 17.9 Å². The van der Waals surface area contributed by atoms with Crippen LogP contribution in [0.2, 0.25) is 0 Å². The molecule has 2 aromatic carbocycles. The molecular formula is C17H22N2OS. The average molecular weight is 302 g/mol. The molecule has 3 N–H and O–H groups in total. The number of nitrogens with one attached hydrogen (secondary N) is 1. The predicted octanol–water partition coefficient (Wildman–Crippen LogP) is 3.17. The van der Waals surface area contributed by atoms with Crippen molar-refractivity contribution in [3.8, 4) is 5.75 Å². The number of ether oxygens (including phenoxy) is 1. The van der Waals surface area contributed by atoms with Crippen LogP contribution < -0.4 is 16.0 Å². The van der Waals surface area contributed by atoms with E-state index in [1.807, 2.05) is 23.9 Å². The standard InChI is InChI=1S/C17H22N2OS/c1-13-6-8-17(9-7-13)21-12-15(19-18)10-14-4-3-5-16(11-14)20-2/h3-9,11,15,19H,10,12,18H2,1-2H3. The summed E-state index contributed by atoms with van der Waals surface area (Å²) in [6.07, 6.45) is 0.882. The lowest BCUT2D eigenvalue weighted by molar-refractivity contribution is 0.414. The van der Waals surface area contributed by atoms with Crippen LogP contribution in [-0.2, 0) is 6.42 Å². The summed E-state index contributed by atoms with van der Waals surface area (Å²) < 4.78 is 5.25. The van der Waals surface area contributed by atoms with Gasteiger partial charge in [0.05, 0.1) is 7.11 Å². The van der Waals surface area contributed by atoms with Gasteiger partial charge in [-0.1, -0.05) is 29.8 Å². The van der Waals surface area contributed by atoms with Gasteiger partial charge in [-0.15, -0.1) is 11.8 Å². The lowest BCUT2D eigenvalue weighted by Crippen LogP contribution is -2.38. The van der Waals surface area contributed by atoms with Crippen molar-refractivity contribution in [2.75, 3.05) is 12.9 Å². The number of benzene rings is 2. The minimum Gasteiger partial charge on any atom is -0.497 e.